The zero-order valence-corrected chi connectivity index (χ0v) is 16.3. The van der Waals surface area contributed by atoms with Gasteiger partial charge in [0.05, 0.1) is 13.7 Å². The number of hydrogen-bond acceptors (Lipinski definition) is 3. The second-order valence-corrected chi connectivity index (χ2v) is 6.87. The van der Waals surface area contributed by atoms with Crippen molar-refractivity contribution in [1.82, 2.24) is 9.78 Å². The predicted molar refractivity (Wildman–Crippen MR) is 108 cm³/mol. The maximum atomic E-state index is 12.1. The second-order valence-electron chi connectivity index (χ2n) is 6.03. The van der Waals surface area contributed by atoms with Gasteiger partial charge in [-0.25, -0.2) is 0 Å². The van der Waals surface area contributed by atoms with Crippen LogP contribution in [0.1, 0.15) is 17.5 Å². The molecule has 0 aliphatic carbocycles. The molecular weight excluding hydrogens is 385 g/mol. The number of benzene rings is 2. The number of ether oxygens (including phenoxy) is 1. The van der Waals surface area contributed by atoms with Crippen molar-refractivity contribution < 1.29 is 9.53 Å². The Morgan fingerprint density at radius 3 is 2.63 bits per heavy atom. The summed E-state index contributed by atoms with van der Waals surface area (Å²) in [6.45, 7) is 0.498. The molecule has 5 nitrogen and oxygen atoms in total. The minimum atomic E-state index is -0.0828. The Balaban J connectivity index is 1.52. The summed E-state index contributed by atoms with van der Waals surface area (Å²) < 4.78 is 6.84. The van der Waals surface area contributed by atoms with Gasteiger partial charge in [-0.2, -0.15) is 5.10 Å². The molecule has 2 aromatic carbocycles. The monoisotopic (exact) mass is 403 g/mol. The third kappa shape index (κ3) is 5.49. The van der Waals surface area contributed by atoms with Crippen LogP contribution < -0.4 is 10.1 Å². The van der Waals surface area contributed by atoms with Crippen LogP contribution in [-0.2, 0) is 17.8 Å². The number of amides is 1. The summed E-state index contributed by atoms with van der Waals surface area (Å²) in [4.78, 5) is 12.1. The molecular formula is C20H19Cl2N3O2. The van der Waals surface area contributed by atoms with Gasteiger partial charge in [0, 0.05) is 28.7 Å². The molecule has 7 heteroatoms. The summed E-state index contributed by atoms with van der Waals surface area (Å²) >= 11 is 12.1. The minimum Gasteiger partial charge on any atom is -0.497 e. The largest absolute Gasteiger partial charge is 0.497 e. The Hall–Kier alpha value is -2.50. The Labute approximate surface area is 167 Å². The molecule has 1 amide bonds. The van der Waals surface area contributed by atoms with Crippen LogP contribution in [0.2, 0.25) is 10.0 Å². The number of methoxy groups -OCH3 is 1. The fourth-order valence-electron chi connectivity index (χ4n) is 2.60. The zero-order valence-electron chi connectivity index (χ0n) is 14.8. The average molecular weight is 404 g/mol. The van der Waals surface area contributed by atoms with Crippen LogP contribution in [0, 0.1) is 0 Å². The molecule has 1 N–H and O–H groups in total. The van der Waals surface area contributed by atoms with E-state index in [-0.39, 0.29) is 5.91 Å². The molecule has 27 heavy (non-hydrogen) atoms. The maximum Gasteiger partial charge on any atom is 0.225 e. The highest BCUT2D eigenvalue weighted by Gasteiger charge is 2.08. The van der Waals surface area contributed by atoms with Gasteiger partial charge < -0.3 is 10.1 Å². The van der Waals surface area contributed by atoms with E-state index in [2.05, 4.69) is 10.4 Å². The lowest BCUT2D eigenvalue weighted by atomic mass is 10.1. The Bertz CT molecular complexity index is 923. The third-order valence-corrected chi connectivity index (χ3v) is 4.64. The smallest absolute Gasteiger partial charge is 0.225 e. The van der Waals surface area contributed by atoms with E-state index in [1.54, 1.807) is 36.2 Å². The minimum absolute atomic E-state index is 0.0828. The van der Waals surface area contributed by atoms with Crippen LogP contribution in [0.25, 0.3) is 0 Å². The van der Waals surface area contributed by atoms with Crippen LogP contribution in [-0.4, -0.2) is 22.8 Å². The molecule has 0 radical (unpaired) electrons. The molecule has 0 aliphatic rings. The lowest BCUT2D eigenvalue weighted by Gasteiger charge is -2.06. The number of aryl methyl sites for hydroxylation is 1. The molecule has 0 bridgehead atoms. The van der Waals surface area contributed by atoms with Gasteiger partial charge in [0.15, 0.2) is 5.82 Å². The van der Waals surface area contributed by atoms with Crippen molar-refractivity contribution in [3.8, 4) is 5.75 Å². The molecule has 0 fully saturated rings. The number of aromatic nitrogens is 2. The van der Waals surface area contributed by atoms with Crippen molar-refractivity contribution in [2.24, 2.45) is 0 Å². The quantitative estimate of drug-likeness (QED) is 0.615. The van der Waals surface area contributed by atoms with Gasteiger partial charge >= 0.3 is 0 Å². The first kappa shape index (κ1) is 19.3. The highest BCUT2D eigenvalue weighted by Crippen LogP contribution is 2.22. The SMILES string of the molecule is COc1ccc(CCC(=O)Nc2ccn(Cc3ccc(Cl)cc3Cl)n2)cc1. The van der Waals surface area contributed by atoms with Crippen LogP contribution in [0.15, 0.2) is 54.7 Å². The molecule has 0 aliphatic heterocycles. The van der Waals surface area contributed by atoms with Crippen molar-refractivity contribution in [2.45, 2.75) is 19.4 Å². The summed E-state index contributed by atoms with van der Waals surface area (Å²) in [5, 5.41) is 8.36. The molecule has 0 saturated heterocycles. The highest BCUT2D eigenvalue weighted by atomic mass is 35.5. The number of carbonyl (C=O) groups is 1. The lowest BCUT2D eigenvalue weighted by Crippen LogP contribution is -2.13. The summed E-state index contributed by atoms with van der Waals surface area (Å²) in [6.07, 6.45) is 2.82. The number of carbonyl (C=O) groups excluding carboxylic acids is 1. The molecule has 1 aromatic heterocycles. The number of anilines is 1. The highest BCUT2D eigenvalue weighted by molar-refractivity contribution is 6.35. The Morgan fingerprint density at radius 2 is 1.93 bits per heavy atom. The molecule has 0 atom stereocenters. The van der Waals surface area contributed by atoms with E-state index in [0.717, 1.165) is 16.9 Å². The Kier molecular flexibility index (Phi) is 6.37. The molecule has 1 heterocycles. The molecule has 0 spiro atoms. The summed E-state index contributed by atoms with van der Waals surface area (Å²) in [5.41, 5.74) is 1.98. The normalized spacial score (nSPS) is 10.6. The van der Waals surface area contributed by atoms with E-state index >= 15 is 0 Å². The van der Waals surface area contributed by atoms with Gasteiger partial charge in [-0.1, -0.05) is 41.4 Å². The predicted octanol–water partition coefficient (Wildman–Crippen LogP) is 4.82. The van der Waals surface area contributed by atoms with Crippen LogP contribution in [0.4, 0.5) is 5.82 Å². The summed E-state index contributed by atoms with van der Waals surface area (Å²) in [6, 6.07) is 14.8. The number of halogens is 2. The van der Waals surface area contributed by atoms with Crippen molar-refractivity contribution in [2.75, 3.05) is 12.4 Å². The first-order valence-electron chi connectivity index (χ1n) is 8.43. The molecule has 0 unspecified atom stereocenters. The van der Waals surface area contributed by atoms with E-state index in [4.69, 9.17) is 27.9 Å². The van der Waals surface area contributed by atoms with Crippen LogP contribution >= 0.6 is 23.2 Å². The summed E-state index contributed by atoms with van der Waals surface area (Å²) in [5.74, 6) is 1.23. The van der Waals surface area contributed by atoms with Crippen molar-refractivity contribution in [3.63, 3.8) is 0 Å². The maximum absolute atomic E-state index is 12.1. The number of rotatable bonds is 7. The standard InChI is InChI=1S/C20H19Cl2N3O2/c1-27-17-7-2-14(3-8-17)4-9-20(26)23-19-10-11-25(24-19)13-15-5-6-16(21)12-18(15)22/h2-3,5-8,10-12H,4,9,13H2,1H3,(H,23,24,26). The number of nitrogens with zero attached hydrogens (tertiary/aromatic N) is 2. The topological polar surface area (TPSA) is 56.1 Å². The van der Waals surface area contributed by atoms with E-state index in [9.17, 15) is 4.79 Å². The zero-order chi connectivity index (χ0) is 19.2. The average Bonchev–Trinajstić information content (AvgIpc) is 3.09. The fraction of sp³-hybridized carbons (Fsp3) is 0.200. The van der Waals surface area contributed by atoms with Crippen molar-refractivity contribution in [1.29, 1.82) is 0 Å². The van der Waals surface area contributed by atoms with Crippen molar-refractivity contribution in [3.05, 3.63) is 75.9 Å². The van der Waals surface area contributed by atoms with E-state index in [0.29, 0.717) is 35.2 Å². The molecule has 140 valence electrons. The van der Waals surface area contributed by atoms with Gasteiger partial charge in [0.2, 0.25) is 5.91 Å². The van der Waals surface area contributed by atoms with E-state index < -0.39 is 0 Å². The van der Waals surface area contributed by atoms with E-state index in [1.165, 1.54) is 0 Å². The third-order valence-electron chi connectivity index (χ3n) is 4.06. The van der Waals surface area contributed by atoms with Crippen molar-refractivity contribution >= 4 is 34.9 Å². The second kappa shape index (κ2) is 8.93. The number of nitrogens with one attached hydrogen (secondary N) is 1. The van der Waals surface area contributed by atoms with Gasteiger partial charge in [-0.15, -0.1) is 0 Å². The number of hydrogen-bond donors (Lipinski definition) is 1. The van der Waals surface area contributed by atoms with Crippen LogP contribution in [0.5, 0.6) is 5.75 Å². The first-order chi connectivity index (χ1) is 13.0. The van der Waals surface area contributed by atoms with Gasteiger partial charge in [0.1, 0.15) is 5.75 Å². The van der Waals surface area contributed by atoms with Gasteiger partial charge in [-0.3, -0.25) is 9.48 Å². The molecule has 3 aromatic rings. The molecule has 0 saturated carbocycles. The molecule has 3 rings (SSSR count). The Morgan fingerprint density at radius 1 is 1.15 bits per heavy atom. The lowest BCUT2D eigenvalue weighted by molar-refractivity contribution is -0.116. The van der Waals surface area contributed by atoms with Crippen LogP contribution in [0.3, 0.4) is 0 Å². The van der Waals surface area contributed by atoms with E-state index in [1.807, 2.05) is 30.3 Å². The van der Waals surface area contributed by atoms with Gasteiger partial charge in [-0.05, 0) is 41.8 Å². The fourth-order valence-corrected chi connectivity index (χ4v) is 3.06. The first-order valence-corrected chi connectivity index (χ1v) is 9.19. The van der Waals surface area contributed by atoms with Gasteiger partial charge in [0.25, 0.3) is 0 Å². The summed E-state index contributed by atoms with van der Waals surface area (Å²) in [7, 11) is 1.63.